The summed E-state index contributed by atoms with van der Waals surface area (Å²) in [5.74, 6) is 0.684. The van der Waals surface area contributed by atoms with Crippen molar-refractivity contribution in [2.75, 3.05) is 0 Å². The highest BCUT2D eigenvalue weighted by molar-refractivity contribution is 6.38. The highest BCUT2D eigenvalue weighted by Gasteiger charge is 2.15. The maximum atomic E-state index is 6.17. The molecule has 1 aromatic heterocycles. The van der Waals surface area contributed by atoms with Crippen molar-refractivity contribution in [2.45, 2.75) is 12.8 Å². The zero-order valence-electron chi connectivity index (χ0n) is 8.28. The van der Waals surface area contributed by atoms with Crippen molar-refractivity contribution in [3.8, 4) is 5.69 Å². The summed E-state index contributed by atoms with van der Waals surface area (Å²) in [5, 5.41) is 12.1. The lowest BCUT2D eigenvalue weighted by molar-refractivity contribution is 0.777. The number of benzene rings is 1. The van der Waals surface area contributed by atoms with Gasteiger partial charge in [-0.1, -0.05) is 29.3 Å². The summed E-state index contributed by atoms with van der Waals surface area (Å²) in [6, 6.07) is 3.58. The second kappa shape index (κ2) is 4.57. The molecule has 0 saturated heterocycles. The van der Waals surface area contributed by atoms with Gasteiger partial charge in [-0.3, -0.25) is 0 Å². The van der Waals surface area contributed by atoms with Gasteiger partial charge in [-0.2, -0.15) is 4.68 Å². The molecule has 0 aliphatic carbocycles. The number of hydrogen-bond acceptors (Lipinski definition) is 3. The van der Waals surface area contributed by atoms with Gasteiger partial charge in [0, 0.05) is 0 Å². The molecule has 84 valence electrons. The molecule has 16 heavy (non-hydrogen) atoms. The van der Waals surface area contributed by atoms with Gasteiger partial charge < -0.3 is 0 Å². The molecular formula is C9H7Cl3N4. The molecule has 0 bridgehead atoms. The Bertz CT molecular complexity index is 523. The van der Waals surface area contributed by atoms with Crippen LogP contribution in [0.4, 0.5) is 0 Å². The summed E-state index contributed by atoms with van der Waals surface area (Å²) in [4.78, 5) is 0. The fourth-order valence-corrected chi connectivity index (χ4v) is 2.00. The monoisotopic (exact) mass is 276 g/mol. The van der Waals surface area contributed by atoms with Crippen LogP contribution in [0, 0.1) is 6.92 Å². The minimum Gasteiger partial charge on any atom is -0.193 e. The van der Waals surface area contributed by atoms with Crippen molar-refractivity contribution in [1.29, 1.82) is 0 Å². The number of aryl methyl sites for hydroxylation is 1. The lowest BCUT2D eigenvalue weighted by Gasteiger charge is -2.09. The number of aromatic nitrogens is 4. The summed E-state index contributed by atoms with van der Waals surface area (Å²) in [7, 11) is 0. The Morgan fingerprint density at radius 3 is 2.75 bits per heavy atom. The lowest BCUT2D eigenvalue weighted by atomic mass is 10.2. The first-order chi connectivity index (χ1) is 7.65. The van der Waals surface area contributed by atoms with E-state index >= 15 is 0 Å². The van der Waals surface area contributed by atoms with E-state index in [0.717, 1.165) is 5.56 Å². The van der Waals surface area contributed by atoms with Gasteiger partial charge in [0.15, 0.2) is 5.82 Å². The van der Waals surface area contributed by atoms with Crippen LogP contribution in [0.3, 0.4) is 0 Å². The zero-order chi connectivity index (χ0) is 11.7. The van der Waals surface area contributed by atoms with Gasteiger partial charge >= 0.3 is 0 Å². The fourth-order valence-electron chi connectivity index (χ4n) is 1.30. The number of hydrogen-bond donors (Lipinski definition) is 0. The number of tetrazole rings is 1. The van der Waals surface area contributed by atoms with E-state index < -0.39 is 0 Å². The molecule has 0 aliphatic rings. The second-order valence-corrected chi connectivity index (χ2v) is 4.22. The summed E-state index contributed by atoms with van der Waals surface area (Å²) in [6.07, 6.45) is 0. The van der Waals surface area contributed by atoms with Gasteiger partial charge in [0.25, 0.3) is 0 Å². The molecule has 4 nitrogen and oxygen atoms in total. The summed E-state index contributed by atoms with van der Waals surface area (Å²) < 4.78 is 1.45. The molecule has 0 N–H and O–H groups in total. The smallest absolute Gasteiger partial charge is 0.171 e. The molecule has 0 atom stereocenters. The van der Waals surface area contributed by atoms with Crippen LogP contribution < -0.4 is 0 Å². The Balaban J connectivity index is 2.68. The molecule has 0 spiro atoms. The molecule has 7 heteroatoms. The average molecular weight is 278 g/mol. The Kier molecular flexibility index (Phi) is 3.33. The van der Waals surface area contributed by atoms with Crippen molar-refractivity contribution in [3.05, 3.63) is 33.6 Å². The van der Waals surface area contributed by atoms with Crippen molar-refractivity contribution in [1.82, 2.24) is 20.2 Å². The minimum atomic E-state index is 0.188. The van der Waals surface area contributed by atoms with Crippen LogP contribution in [-0.2, 0) is 5.88 Å². The molecule has 0 fully saturated rings. The third-order valence-corrected chi connectivity index (χ3v) is 3.15. The molecule has 2 aromatic rings. The molecular weight excluding hydrogens is 270 g/mol. The Morgan fingerprint density at radius 2 is 2.06 bits per heavy atom. The van der Waals surface area contributed by atoms with Crippen LogP contribution in [0.25, 0.3) is 5.69 Å². The Labute approximate surface area is 107 Å². The molecule has 0 unspecified atom stereocenters. The maximum Gasteiger partial charge on any atom is 0.171 e. The van der Waals surface area contributed by atoms with Crippen LogP contribution in [-0.4, -0.2) is 20.2 Å². The molecule has 1 heterocycles. The number of nitrogens with zero attached hydrogens (tertiary/aromatic N) is 4. The number of halogens is 3. The summed E-state index contributed by atoms with van der Waals surface area (Å²) in [6.45, 7) is 1.88. The van der Waals surface area contributed by atoms with Crippen LogP contribution >= 0.6 is 34.8 Å². The lowest BCUT2D eigenvalue weighted by Crippen LogP contribution is -2.04. The van der Waals surface area contributed by atoms with Crippen molar-refractivity contribution < 1.29 is 0 Å². The molecule has 2 rings (SSSR count). The first-order valence-corrected chi connectivity index (χ1v) is 5.72. The van der Waals surface area contributed by atoms with Gasteiger partial charge in [-0.15, -0.1) is 16.7 Å². The first kappa shape index (κ1) is 11.6. The third-order valence-electron chi connectivity index (χ3n) is 2.13. The minimum absolute atomic E-state index is 0.188. The largest absolute Gasteiger partial charge is 0.193 e. The van der Waals surface area contributed by atoms with E-state index in [4.69, 9.17) is 34.8 Å². The second-order valence-electron chi connectivity index (χ2n) is 3.17. The van der Waals surface area contributed by atoms with E-state index in [2.05, 4.69) is 15.5 Å². The fraction of sp³-hybridized carbons (Fsp3) is 0.222. The van der Waals surface area contributed by atoms with Gasteiger partial charge in [0.2, 0.25) is 0 Å². The predicted molar refractivity (Wildman–Crippen MR) is 63.5 cm³/mol. The van der Waals surface area contributed by atoms with E-state index in [1.807, 2.05) is 13.0 Å². The topological polar surface area (TPSA) is 43.6 Å². The van der Waals surface area contributed by atoms with Gasteiger partial charge in [-0.05, 0) is 29.0 Å². The van der Waals surface area contributed by atoms with Crippen LogP contribution in [0.15, 0.2) is 12.1 Å². The van der Waals surface area contributed by atoms with Crippen molar-refractivity contribution in [2.24, 2.45) is 0 Å². The average Bonchev–Trinajstić information content (AvgIpc) is 2.72. The SMILES string of the molecule is Cc1ccc(Cl)c(-n2nnnc2CCl)c1Cl. The summed E-state index contributed by atoms with van der Waals surface area (Å²) in [5.41, 5.74) is 1.46. The molecule has 0 amide bonds. The van der Waals surface area contributed by atoms with Crippen molar-refractivity contribution in [3.63, 3.8) is 0 Å². The van der Waals surface area contributed by atoms with Crippen LogP contribution in [0.1, 0.15) is 11.4 Å². The van der Waals surface area contributed by atoms with Gasteiger partial charge in [-0.25, -0.2) is 0 Å². The molecule has 0 aliphatic heterocycles. The quantitative estimate of drug-likeness (QED) is 0.793. The van der Waals surface area contributed by atoms with E-state index in [-0.39, 0.29) is 5.88 Å². The standard InChI is InChI=1S/C9H7Cl3N4/c1-5-2-3-6(11)9(8(5)12)16-7(4-10)13-14-15-16/h2-3H,4H2,1H3. The zero-order valence-corrected chi connectivity index (χ0v) is 10.6. The highest BCUT2D eigenvalue weighted by Crippen LogP contribution is 2.31. The van der Waals surface area contributed by atoms with E-state index in [0.29, 0.717) is 21.6 Å². The summed E-state index contributed by atoms with van der Waals surface area (Å²) >= 11 is 18.0. The van der Waals surface area contributed by atoms with E-state index in [1.54, 1.807) is 6.07 Å². The number of alkyl halides is 1. The Morgan fingerprint density at radius 1 is 1.31 bits per heavy atom. The number of rotatable bonds is 2. The maximum absolute atomic E-state index is 6.17. The first-order valence-electron chi connectivity index (χ1n) is 4.43. The van der Waals surface area contributed by atoms with E-state index in [9.17, 15) is 0 Å². The third kappa shape index (κ3) is 1.88. The van der Waals surface area contributed by atoms with Gasteiger partial charge in [0.1, 0.15) is 5.69 Å². The van der Waals surface area contributed by atoms with Gasteiger partial charge in [0.05, 0.1) is 15.9 Å². The molecule has 1 aromatic carbocycles. The van der Waals surface area contributed by atoms with E-state index in [1.165, 1.54) is 4.68 Å². The predicted octanol–water partition coefficient (Wildman–Crippen LogP) is 3.02. The normalized spacial score (nSPS) is 10.8. The van der Waals surface area contributed by atoms with Crippen LogP contribution in [0.5, 0.6) is 0 Å². The Hall–Kier alpha value is -0.840. The highest BCUT2D eigenvalue weighted by atomic mass is 35.5. The molecule has 0 radical (unpaired) electrons. The molecule has 0 saturated carbocycles. The van der Waals surface area contributed by atoms with Crippen LogP contribution in [0.2, 0.25) is 10.0 Å². The van der Waals surface area contributed by atoms with Crippen molar-refractivity contribution >= 4 is 34.8 Å².